The summed E-state index contributed by atoms with van der Waals surface area (Å²) in [5.74, 6) is 0.213. The Morgan fingerprint density at radius 2 is 2.04 bits per heavy atom. The Morgan fingerprint density at radius 3 is 2.73 bits per heavy atom. The summed E-state index contributed by atoms with van der Waals surface area (Å²) in [7, 11) is 0. The molecule has 2 N–H and O–H groups in total. The highest BCUT2D eigenvalue weighted by atomic mass is 19.1. The lowest BCUT2D eigenvalue weighted by Crippen LogP contribution is -2.49. The van der Waals surface area contributed by atoms with Crippen LogP contribution in [0.3, 0.4) is 0 Å². The first-order chi connectivity index (χ1) is 12.6. The molecular weight excluding hydrogens is 343 g/mol. The normalized spacial score (nSPS) is 25.2. The van der Waals surface area contributed by atoms with Crippen LogP contribution in [0.25, 0.3) is 0 Å². The first kappa shape index (κ1) is 16.5. The van der Waals surface area contributed by atoms with E-state index in [4.69, 9.17) is 9.26 Å². The standard InChI is InChI=1S/C17H17FN4O4/c18-11-3-1-2-4-12(11)25-9-13-19-14(26-22-13)10-5-7-17(8-6-10)15(23)20-16(24)21-17/h1-4,10H,5-9H2,(H2,20,21,23,24). The minimum atomic E-state index is -0.815. The van der Waals surface area contributed by atoms with Crippen molar-refractivity contribution in [1.82, 2.24) is 20.8 Å². The number of nitrogens with zero attached hydrogens (tertiary/aromatic N) is 2. The van der Waals surface area contributed by atoms with E-state index in [-0.39, 0.29) is 24.2 Å². The molecule has 3 amide bonds. The average molecular weight is 360 g/mol. The number of hydrogen-bond acceptors (Lipinski definition) is 6. The molecule has 2 aromatic rings. The van der Waals surface area contributed by atoms with E-state index < -0.39 is 17.4 Å². The molecule has 1 aromatic carbocycles. The first-order valence-electron chi connectivity index (χ1n) is 8.39. The molecule has 1 aromatic heterocycles. The molecule has 9 heteroatoms. The number of ether oxygens (including phenoxy) is 1. The summed E-state index contributed by atoms with van der Waals surface area (Å²) in [5, 5.41) is 8.87. The van der Waals surface area contributed by atoms with Crippen molar-refractivity contribution in [3.05, 3.63) is 41.8 Å². The quantitative estimate of drug-likeness (QED) is 0.808. The molecule has 2 fully saturated rings. The zero-order valence-electron chi connectivity index (χ0n) is 13.8. The highest BCUT2D eigenvalue weighted by Gasteiger charge is 2.48. The Labute approximate surface area is 148 Å². The van der Waals surface area contributed by atoms with Crippen LogP contribution >= 0.6 is 0 Å². The van der Waals surface area contributed by atoms with Crippen LogP contribution < -0.4 is 15.4 Å². The van der Waals surface area contributed by atoms with E-state index in [1.54, 1.807) is 12.1 Å². The molecule has 0 bridgehead atoms. The van der Waals surface area contributed by atoms with Gasteiger partial charge in [-0.25, -0.2) is 9.18 Å². The van der Waals surface area contributed by atoms with Gasteiger partial charge in [-0.1, -0.05) is 17.3 Å². The van der Waals surface area contributed by atoms with Crippen LogP contribution in [0.1, 0.15) is 43.3 Å². The number of benzene rings is 1. The Morgan fingerprint density at radius 1 is 1.27 bits per heavy atom. The Kier molecular flexibility index (Phi) is 4.06. The van der Waals surface area contributed by atoms with Crippen molar-refractivity contribution >= 4 is 11.9 Å². The van der Waals surface area contributed by atoms with E-state index in [1.807, 2.05) is 0 Å². The van der Waals surface area contributed by atoms with Crippen LogP contribution in [0.4, 0.5) is 9.18 Å². The maximum atomic E-state index is 13.5. The molecule has 0 unspecified atom stereocenters. The smallest absolute Gasteiger partial charge is 0.322 e. The Hall–Kier alpha value is -2.97. The van der Waals surface area contributed by atoms with E-state index in [2.05, 4.69) is 20.8 Å². The molecule has 136 valence electrons. The van der Waals surface area contributed by atoms with E-state index in [1.165, 1.54) is 12.1 Å². The zero-order chi connectivity index (χ0) is 18.1. The van der Waals surface area contributed by atoms with Gasteiger partial charge in [0, 0.05) is 5.92 Å². The van der Waals surface area contributed by atoms with Gasteiger partial charge in [0.05, 0.1) is 0 Å². The van der Waals surface area contributed by atoms with E-state index in [9.17, 15) is 14.0 Å². The van der Waals surface area contributed by atoms with Crippen molar-refractivity contribution in [2.75, 3.05) is 0 Å². The molecule has 1 saturated carbocycles. The number of amides is 3. The fraction of sp³-hybridized carbons (Fsp3) is 0.412. The molecular formula is C17H17FN4O4. The number of nitrogens with one attached hydrogen (secondary N) is 2. The fourth-order valence-corrected chi connectivity index (χ4v) is 3.43. The first-order valence-corrected chi connectivity index (χ1v) is 8.39. The second-order valence-corrected chi connectivity index (χ2v) is 6.53. The zero-order valence-corrected chi connectivity index (χ0v) is 13.8. The van der Waals surface area contributed by atoms with E-state index >= 15 is 0 Å². The molecule has 1 spiro atoms. The second kappa shape index (κ2) is 6.40. The second-order valence-electron chi connectivity index (χ2n) is 6.53. The number of carbonyl (C=O) groups is 2. The maximum Gasteiger partial charge on any atom is 0.322 e. The van der Waals surface area contributed by atoms with Gasteiger partial charge in [-0.15, -0.1) is 0 Å². The van der Waals surface area contributed by atoms with Crippen molar-refractivity contribution in [2.45, 2.75) is 43.7 Å². The summed E-state index contributed by atoms with van der Waals surface area (Å²) in [5.41, 5.74) is -0.815. The highest BCUT2D eigenvalue weighted by molar-refractivity contribution is 6.07. The number of aromatic nitrogens is 2. The van der Waals surface area contributed by atoms with Crippen LogP contribution in [0.5, 0.6) is 5.75 Å². The van der Waals surface area contributed by atoms with Gasteiger partial charge >= 0.3 is 6.03 Å². The summed E-state index contributed by atoms with van der Waals surface area (Å²) in [6.45, 7) is -0.000442. The van der Waals surface area contributed by atoms with Crippen LogP contribution in [-0.4, -0.2) is 27.6 Å². The van der Waals surface area contributed by atoms with Gasteiger partial charge in [0.25, 0.3) is 5.91 Å². The number of rotatable bonds is 4. The third kappa shape index (κ3) is 3.00. The predicted octanol–water partition coefficient (Wildman–Crippen LogP) is 2.02. The highest BCUT2D eigenvalue weighted by Crippen LogP contribution is 2.38. The molecule has 1 aliphatic heterocycles. The lowest BCUT2D eigenvalue weighted by atomic mass is 9.76. The van der Waals surface area contributed by atoms with Crippen LogP contribution in [-0.2, 0) is 11.4 Å². The lowest BCUT2D eigenvalue weighted by molar-refractivity contribution is -0.125. The van der Waals surface area contributed by atoms with Crippen molar-refractivity contribution in [2.24, 2.45) is 0 Å². The van der Waals surface area contributed by atoms with Crippen LogP contribution in [0.2, 0.25) is 0 Å². The van der Waals surface area contributed by atoms with Crippen molar-refractivity contribution in [3.63, 3.8) is 0 Å². The molecule has 8 nitrogen and oxygen atoms in total. The summed E-state index contributed by atoms with van der Waals surface area (Å²) in [6, 6.07) is 5.65. The molecule has 2 heterocycles. The van der Waals surface area contributed by atoms with Crippen LogP contribution in [0.15, 0.2) is 28.8 Å². The SMILES string of the molecule is O=C1NC(=O)C2(CCC(c3nc(COc4ccccc4F)no3)CC2)N1. The molecule has 1 aliphatic carbocycles. The largest absolute Gasteiger partial charge is 0.482 e. The van der Waals surface area contributed by atoms with Gasteiger partial charge in [-0.05, 0) is 37.8 Å². The van der Waals surface area contributed by atoms with E-state index in [0.29, 0.717) is 37.4 Å². The predicted molar refractivity (Wildman–Crippen MR) is 85.6 cm³/mol. The van der Waals surface area contributed by atoms with Gasteiger partial charge in [-0.2, -0.15) is 4.98 Å². The molecule has 0 atom stereocenters. The number of urea groups is 1. The van der Waals surface area contributed by atoms with Crippen molar-refractivity contribution in [3.8, 4) is 5.75 Å². The van der Waals surface area contributed by atoms with Gasteiger partial charge < -0.3 is 14.6 Å². The summed E-state index contributed by atoms with van der Waals surface area (Å²) in [4.78, 5) is 27.6. The molecule has 4 rings (SSSR count). The lowest BCUT2D eigenvalue weighted by Gasteiger charge is -2.33. The topological polar surface area (TPSA) is 106 Å². The fourth-order valence-electron chi connectivity index (χ4n) is 3.43. The minimum Gasteiger partial charge on any atom is -0.482 e. The number of carbonyl (C=O) groups excluding carboxylic acids is 2. The summed E-state index contributed by atoms with van der Waals surface area (Å²) in [6.07, 6.45) is 2.31. The van der Waals surface area contributed by atoms with E-state index in [0.717, 1.165) is 0 Å². The van der Waals surface area contributed by atoms with Gasteiger partial charge in [0.15, 0.2) is 18.2 Å². The average Bonchev–Trinajstić information content (AvgIpc) is 3.20. The van der Waals surface area contributed by atoms with Crippen molar-refractivity contribution < 1.29 is 23.2 Å². The monoisotopic (exact) mass is 360 g/mol. The number of halogens is 1. The van der Waals surface area contributed by atoms with Gasteiger partial charge in [0.2, 0.25) is 11.7 Å². The number of para-hydroxylation sites is 1. The minimum absolute atomic E-state index is 0.000442. The van der Waals surface area contributed by atoms with Crippen molar-refractivity contribution in [1.29, 1.82) is 0 Å². The van der Waals surface area contributed by atoms with Crippen LogP contribution in [0, 0.1) is 5.82 Å². The van der Waals surface area contributed by atoms with Gasteiger partial charge in [0.1, 0.15) is 5.54 Å². The molecule has 0 radical (unpaired) electrons. The maximum absolute atomic E-state index is 13.5. The molecule has 26 heavy (non-hydrogen) atoms. The molecule has 2 aliphatic rings. The Bertz CT molecular complexity index is 845. The third-order valence-electron chi connectivity index (χ3n) is 4.88. The summed E-state index contributed by atoms with van der Waals surface area (Å²) < 4.78 is 24.2. The molecule has 1 saturated heterocycles. The number of hydrogen-bond donors (Lipinski definition) is 2. The number of imide groups is 1. The summed E-state index contributed by atoms with van der Waals surface area (Å²) >= 11 is 0. The van der Waals surface area contributed by atoms with Gasteiger partial charge in [-0.3, -0.25) is 10.1 Å². The Balaban J connectivity index is 1.36. The third-order valence-corrected chi connectivity index (χ3v) is 4.88.